The fraction of sp³-hybridized carbons (Fsp3) is 0.667. The van der Waals surface area contributed by atoms with Crippen molar-refractivity contribution >= 4 is 0 Å². The van der Waals surface area contributed by atoms with Crippen LogP contribution in [0, 0.1) is 17.2 Å². The highest BCUT2D eigenvalue weighted by molar-refractivity contribution is 5.03. The van der Waals surface area contributed by atoms with E-state index < -0.39 is 6.10 Å². The van der Waals surface area contributed by atoms with Crippen molar-refractivity contribution in [2.75, 3.05) is 7.11 Å². The summed E-state index contributed by atoms with van der Waals surface area (Å²) in [6.07, 6.45) is 3.56. The Morgan fingerprint density at radius 3 is 3.00 bits per heavy atom. The summed E-state index contributed by atoms with van der Waals surface area (Å²) in [6, 6.07) is 1.85. The Morgan fingerprint density at radius 2 is 2.58 bits per heavy atom. The van der Waals surface area contributed by atoms with E-state index in [4.69, 9.17) is 10.00 Å². The Balaban J connectivity index is 2.47. The number of aliphatic hydroxyl groups is 1. The first-order valence-electron chi connectivity index (χ1n) is 4.08. The van der Waals surface area contributed by atoms with Crippen molar-refractivity contribution in [2.24, 2.45) is 5.92 Å². The van der Waals surface area contributed by atoms with Crippen LogP contribution in [0.1, 0.15) is 19.3 Å². The molecule has 0 saturated heterocycles. The van der Waals surface area contributed by atoms with Gasteiger partial charge in [-0.1, -0.05) is 0 Å². The van der Waals surface area contributed by atoms with E-state index in [1.165, 1.54) is 0 Å². The molecule has 0 heterocycles. The minimum absolute atomic E-state index is 0.0916. The molecule has 0 saturated carbocycles. The third kappa shape index (κ3) is 1.99. The number of hydrogen-bond acceptors (Lipinski definition) is 3. The number of nitrogens with zero attached hydrogens (tertiary/aromatic N) is 1. The van der Waals surface area contributed by atoms with Crippen molar-refractivity contribution in [1.29, 1.82) is 5.26 Å². The van der Waals surface area contributed by atoms with Gasteiger partial charge in [0.05, 0.1) is 18.9 Å². The van der Waals surface area contributed by atoms with Gasteiger partial charge in [0, 0.05) is 12.3 Å². The molecule has 2 atom stereocenters. The third-order valence-corrected chi connectivity index (χ3v) is 2.25. The van der Waals surface area contributed by atoms with Gasteiger partial charge in [-0.15, -0.1) is 0 Å². The highest BCUT2D eigenvalue weighted by Gasteiger charge is 2.21. The van der Waals surface area contributed by atoms with Crippen molar-refractivity contribution in [3.05, 3.63) is 11.8 Å². The molecule has 0 radical (unpaired) electrons. The van der Waals surface area contributed by atoms with Gasteiger partial charge in [-0.3, -0.25) is 0 Å². The normalized spacial score (nSPS) is 25.4. The van der Waals surface area contributed by atoms with Gasteiger partial charge in [0.2, 0.25) is 0 Å². The molecule has 0 spiro atoms. The SMILES string of the molecule is COC1=CC[C@@H]([C@@H](O)C#N)CC1. The zero-order chi connectivity index (χ0) is 8.97. The van der Waals surface area contributed by atoms with Crippen LogP contribution in [0.2, 0.25) is 0 Å². The van der Waals surface area contributed by atoms with E-state index >= 15 is 0 Å². The largest absolute Gasteiger partial charge is 0.501 e. The third-order valence-electron chi connectivity index (χ3n) is 2.25. The number of aliphatic hydroxyl groups excluding tert-OH is 1. The molecule has 0 aromatic heterocycles. The number of hydrogen-bond donors (Lipinski definition) is 1. The lowest BCUT2D eigenvalue weighted by Gasteiger charge is -2.21. The van der Waals surface area contributed by atoms with Gasteiger partial charge in [-0.25, -0.2) is 0 Å². The van der Waals surface area contributed by atoms with Gasteiger partial charge in [0.1, 0.15) is 6.10 Å². The zero-order valence-corrected chi connectivity index (χ0v) is 7.16. The van der Waals surface area contributed by atoms with Crippen LogP contribution >= 0.6 is 0 Å². The van der Waals surface area contributed by atoms with Gasteiger partial charge < -0.3 is 9.84 Å². The highest BCUT2D eigenvalue weighted by Crippen LogP contribution is 2.25. The topological polar surface area (TPSA) is 53.2 Å². The lowest BCUT2D eigenvalue weighted by molar-refractivity contribution is 0.141. The smallest absolute Gasteiger partial charge is 0.143 e. The molecule has 1 aliphatic rings. The molecule has 0 unspecified atom stereocenters. The second-order valence-corrected chi connectivity index (χ2v) is 2.98. The van der Waals surface area contributed by atoms with Gasteiger partial charge in [-0.05, 0) is 18.9 Å². The Morgan fingerprint density at radius 1 is 1.83 bits per heavy atom. The summed E-state index contributed by atoms with van der Waals surface area (Å²) in [7, 11) is 1.65. The first kappa shape index (κ1) is 9.08. The lowest BCUT2D eigenvalue weighted by Crippen LogP contribution is -2.20. The molecule has 1 N–H and O–H groups in total. The van der Waals surface area contributed by atoms with Crippen LogP contribution in [0.3, 0.4) is 0 Å². The van der Waals surface area contributed by atoms with Gasteiger partial charge >= 0.3 is 0 Å². The molecule has 1 rings (SSSR count). The predicted octanol–water partition coefficient (Wildman–Crippen LogP) is 1.20. The Labute approximate surface area is 72.3 Å². The second kappa shape index (κ2) is 4.13. The number of allylic oxidation sites excluding steroid dienone is 2. The molecule has 3 heteroatoms. The maximum atomic E-state index is 9.21. The Kier molecular flexibility index (Phi) is 3.12. The average Bonchev–Trinajstić information content (AvgIpc) is 2.17. The molecule has 3 nitrogen and oxygen atoms in total. The predicted molar refractivity (Wildman–Crippen MR) is 44.1 cm³/mol. The first-order chi connectivity index (χ1) is 5.77. The quantitative estimate of drug-likeness (QED) is 0.629. The average molecular weight is 167 g/mol. The Bertz CT molecular complexity index is 217. The van der Waals surface area contributed by atoms with Gasteiger partial charge in [0.15, 0.2) is 0 Å². The minimum Gasteiger partial charge on any atom is -0.501 e. The highest BCUT2D eigenvalue weighted by atomic mass is 16.5. The summed E-state index contributed by atoms with van der Waals surface area (Å²) in [5, 5.41) is 17.7. The number of rotatable bonds is 2. The van der Waals surface area contributed by atoms with Crippen molar-refractivity contribution < 1.29 is 9.84 Å². The van der Waals surface area contributed by atoms with E-state index in [1.54, 1.807) is 7.11 Å². The fourth-order valence-electron chi connectivity index (χ4n) is 1.41. The van der Waals surface area contributed by atoms with Gasteiger partial charge in [0.25, 0.3) is 0 Å². The minimum atomic E-state index is -0.820. The summed E-state index contributed by atoms with van der Waals surface area (Å²) in [4.78, 5) is 0. The van der Waals surface area contributed by atoms with Crippen LogP contribution in [0.5, 0.6) is 0 Å². The monoisotopic (exact) mass is 167 g/mol. The van der Waals surface area contributed by atoms with Crippen molar-refractivity contribution in [3.8, 4) is 6.07 Å². The zero-order valence-electron chi connectivity index (χ0n) is 7.16. The van der Waals surface area contributed by atoms with Crippen molar-refractivity contribution in [1.82, 2.24) is 0 Å². The van der Waals surface area contributed by atoms with E-state index in [2.05, 4.69) is 0 Å². The van der Waals surface area contributed by atoms with E-state index in [9.17, 15) is 5.11 Å². The molecule has 0 aromatic carbocycles. The molecular weight excluding hydrogens is 154 g/mol. The van der Waals surface area contributed by atoms with E-state index in [0.717, 1.165) is 25.0 Å². The van der Waals surface area contributed by atoms with Crippen LogP contribution < -0.4 is 0 Å². The summed E-state index contributed by atoms with van der Waals surface area (Å²) in [5.41, 5.74) is 0. The lowest BCUT2D eigenvalue weighted by atomic mass is 9.89. The summed E-state index contributed by atoms with van der Waals surface area (Å²) >= 11 is 0. The maximum Gasteiger partial charge on any atom is 0.143 e. The van der Waals surface area contributed by atoms with Crippen molar-refractivity contribution in [2.45, 2.75) is 25.4 Å². The molecule has 0 amide bonds. The van der Waals surface area contributed by atoms with E-state index in [1.807, 2.05) is 12.1 Å². The molecule has 0 bridgehead atoms. The van der Waals surface area contributed by atoms with E-state index in [-0.39, 0.29) is 5.92 Å². The van der Waals surface area contributed by atoms with Gasteiger partial charge in [-0.2, -0.15) is 5.26 Å². The van der Waals surface area contributed by atoms with Crippen LogP contribution in [0.4, 0.5) is 0 Å². The molecule has 0 fully saturated rings. The van der Waals surface area contributed by atoms with Crippen molar-refractivity contribution in [3.63, 3.8) is 0 Å². The first-order valence-corrected chi connectivity index (χ1v) is 4.08. The molecule has 66 valence electrons. The molecule has 0 aliphatic heterocycles. The van der Waals surface area contributed by atoms with Crippen LogP contribution in [-0.2, 0) is 4.74 Å². The van der Waals surface area contributed by atoms with Crippen LogP contribution in [-0.4, -0.2) is 18.3 Å². The summed E-state index contributed by atoms with van der Waals surface area (Å²) in [5.74, 6) is 1.06. The molecule has 0 aromatic rings. The van der Waals surface area contributed by atoms with Crippen LogP contribution in [0.25, 0.3) is 0 Å². The fourth-order valence-corrected chi connectivity index (χ4v) is 1.41. The summed E-state index contributed by atoms with van der Waals surface area (Å²) < 4.78 is 5.05. The molecule has 1 aliphatic carbocycles. The number of nitriles is 1. The second-order valence-electron chi connectivity index (χ2n) is 2.98. The number of methoxy groups -OCH3 is 1. The Hall–Kier alpha value is -1.01. The van der Waals surface area contributed by atoms with Crippen LogP contribution in [0.15, 0.2) is 11.8 Å². The van der Waals surface area contributed by atoms with E-state index in [0.29, 0.717) is 0 Å². The number of ether oxygens (including phenoxy) is 1. The standard InChI is InChI=1S/C9H13NO2/c1-12-8-4-2-7(3-5-8)9(11)6-10/h4,7,9,11H,2-3,5H2,1H3/t7-,9+/m1/s1. The summed E-state index contributed by atoms with van der Waals surface area (Å²) in [6.45, 7) is 0. The molecule has 12 heavy (non-hydrogen) atoms. The maximum absolute atomic E-state index is 9.21. The molecular formula is C9H13NO2.